The van der Waals surface area contributed by atoms with Crippen LogP contribution in [0, 0.1) is 0 Å². The van der Waals surface area contributed by atoms with Gasteiger partial charge < -0.3 is 4.42 Å². The van der Waals surface area contributed by atoms with Gasteiger partial charge in [-0.25, -0.2) is 5.43 Å². The molecule has 0 aliphatic rings. The molecule has 4 nitrogen and oxygen atoms in total. The van der Waals surface area contributed by atoms with Crippen LogP contribution in [0.25, 0.3) is 21.4 Å². The zero-order valence-electron chi connectivity index (χ0n) is 13.5. The highest BCUT2D eigenvalue weighted by molar-refractivity contribution is 7.17. The number of amides is 1. The predicted molar refractivity (Wildman–Crippen MR) is 106 cm³/mol. The Kier molecular flexibility index (Phi) is 4.56. The largest absolute Gasteiger partial charge is 0.455 e. The summed E-state index contributed by atoms with van der Waals surface area (Å²) in [7, 11) is 0. The summed E-state index contributed by atoms with van der Waals surface area (Å²) < 4.78 is 6.78. The molecule has 0 bridgehead atoms. The highest BCUT2D eigenvalue weighted by Gasteiger charge is 2.11. The number of thiophene rings is 1. The van der Waals surface area contributed by atoms with E-state index < -0.39 is 0 Å². The molecule has 0 saturated heterocycles. The molecule has 26 heavy (non-hydrogen) atoms. The number of hydrazone groups is 1. The molecule has 128 valence electrons. The van der Waals surface area contributed by atoms with E-state index in [0.717, 1.165) is 15.6 Å². The highest BCUT2D eigenvalue weighted by atomic mass is 35.5. The molecule has 2 heterocycles. The molecule has 0 unspecified atom stereocenters. The lowest BCUT2D eigenvalue weighted by atomic mass is 10.2. The lowest BCUT2D eigenvalue weighted by Gasteiger charge is -1.98. The molecule has 0 atom stereocenters. The van der Waals surface area contributed by atoms with Crippen LogP contribution in [0.15, 0.2) is 75.6 Å². The first-order valence-corrected chi connectivity index (χ1v) is 9.12. The maximum absolute atomic E-state index is 12.3. The third-order valence-electron chi connectivity index (χ3n) is 3.82. The Morgan fingerprint density at radius 2 is 2.00 bits per heavy atom. The number of carbonyl (C=O) groups excluding carboxylic acids is 1. The summed E-state index contributed by atoms with van der Waals surface area (Å²) in [5, 5.41) is 7.39. The summed E-state index contributed by atoms with van der Waals surface area (Å²) in [6.07, 6.45) is 1.47. The average Bonchev–Trinajstić information content (AvgIpc) is 3.29. The Bertz CT molecular complexity index is 1110. The molecule has 2 aromatic carbocycles. The lowest BCUT2D eigenvalue weighted by Crippen LogP contribution is -2.16. The number of halogens is 1. The molecule has 0 radical (unpaired) electrons. The minimum Gasteiger partial charge on any atom is -0.455 e. The van der Waals surface area contributed by atoms with Crippen molar-refractivity contribution in [2.45, 2.75) is 0 Å². The molecule has 0 aliphatic heterocycles. The van der Waals surface area contributed by atoms with Gasteiger partial charge >= 0.3 is 0 Å². The zero-order chi connectivity index (χ0) is 17.9. The van der Waals surface area contributed by atoms with E-state index in [2.05, 4.69) is 10.5 Å². The zero-order valence-corrected chi connectivity index (χ0v) is 15.1. The van der Waals surface area contributed by atoms with Crippen molar-refractivity contribution in [1.82, 2.24) is 5.43 Å². The normalized spacial score (nSPS) is 11.3. The number of hydrogen-bond donors (Lipinski definition) is 1. The molecule has 6 heteroatoms. The van der Waals surface area contributed by atoms with Crippen molar-refractivity contribution in [3.63, 3.8) is 0 Å². The summed E-state index contributed by atoms with van der Waals surface area (Å²) in [5.41, 5.74) is 4.03. The van der Waals surface area contributed by atoms with Crippen LogP contribution in [0.2, 0.25) is 5.02 Å². The molecule has 1 amide bonds. The van der Waals surface area contributed by atoms with E-state index >= 15 is 0 Å². The van der Waals surface area contributed by atoms with Gasteiger partial charge in [0.05, 0.1) is 11.8 Å². The second kappa shape index (κ2) is 7.15. The number of hydrogen-bond acceptors (Lipinski definition) is 4. The van der Waals surface area contributed by atoms with Crippen molar-refractivity contribution >= 4 is 45.1 Å². The molecular formula is C20H13ClN2O2S. The van der Waals surface area contributed by atoms with E-state index in [0.29, 0.717) is 22.1 Å². The Morgan fingerprint density at radius 3 is 2.88 bits per heavy atom. The van der Waals surface area contributed by atoms with Gasteiger partial charge in [0.15, 0.2) is 0 Å². The second-order valence-corrected chi connectivity index (χ2v) is 6.90. The molecular weight excluding hydrogens is 368 g/mol. The van der Waals surface area contributed by atoms with Gasteiger partial charge in [0.1, 0.15) is 11.5 Å². The monoisotopic (exact) mass is 380 g/mol. The second-order valence-electron chi connectivity index (χ2n) is 5.56. The smallest absolute Gasteiger partial charge is 0.272 e. The van der Waals surface area contributed by atoms with Gasteiger partial charge in [0.25, 0.3) is 5.91 Å². The van der Waals surface area contributed by atoms with Gasteiger partial charge in [-0.2, -0.15) is 5.10 Å². The SMILES string of the molecule is O=C(N/N=C\c1ccc(-c2cccc(Cl)c2)o1)c1csc2ccccc12. The average molecular weight is 381 g/mol. The Balaban J connectivity index is 1.46. The summed E-state index contributed by atoms with van der Waals surface area (Å²) in [5.74, 6) is 0.972. The van der Waals surface area contributed by atoms with E-state index in [9.17, 15) is 4.79 Å². The van der Waals surface area contributed by atoms with Crippen LogP contribution >= 0.6 is 22.9 Å². The Morgan fingerprint density at radius 1 is 1.12 bits per heavy atom. The number of benzene rings is 2. The van der Waals surface area contributed by atoms with Crippen LogP contribution in [0.5, 0.6) is 0 Å². The number of carbonyl (C=O) groups is 1. The van der Waals surface area contributed by atoms with E-state index in [1.54, 1.807) is 12.1 Å². The maximum atomic E-state index is 12.3. The minimum absolute atomic E-state index is 0.250. The first-order chi connectivity index (χ1) is 12.7. The van der Waals surface area contributed by atoms with Crippen molar-refractivity contribution in [3.05, 3.63) is 82.4 Å². The van der Waals surface area contributed by atoms with Crippen LogP contribution in [0.4, 0.5) is 0 Å². The first kappa shape index (κ1) is 16.6. The maximum Gasteiger partial charge on any atom is 0.272 e. The molecule has 4 rings (SSSR count). The minimum atomic E-state index is -0.250. The van der Waals surface area contributed by atoms with E-state index in [4.69, 9.17) is 16.0 Å². The standard InChI is InChI=1S/C20H13ClN2O2S/c21-14-5-3-4-13(10-14)18-9-8-15(25-18)11-22-23-20(24)17-12-26-19-7-2-1-6-16(17)19/h1-12H,(H,23,24)/b22-11-. The molecule has 0 aliphatic carbocycles. The molecule has 1 N–H and O–H groups in total. The topological polar surface area (TPSA) is 54.6 Å². The van der Waals surface area contributed by atoms with E-state index in [1.807, 2.05) is 53.9 Å². The van der Waals surface area contributed by atoms with Gasteiger partial charge in [-0.3, -0.25) is 4.79 Å². The summed E-state index contributed by atoms with van der Waals surface area (Å²) >= 11 is 7.53. The molecule has 2 aromatic heterocycles. The third-order valence-corrected chi connectivity index (χ3v) is 5.02. The Labute approximate surface area is 158 Å². The van der Waals surface area contributed by atoms with Gasteiger partial charge in [-0.05, 0) is 30.3 Å². The molecule has 0 saturated carbocycles. The van der Waals surface area contributed by atoms with E-state index in [1.165, 1.54) is 17.6 Å². The number of fused-ring (bicyclic) bond motifs is 1. The third kappa shape index (κ3) is 3.40. The number of nitrogens with zero attached hydrogens (tertiary/aromatic N) is 1. The van der Waals surface area contributed by atoms with Gasteiger partial charge in [0, 0.05) is 26.1 Å². The summed E-state index contributed by atoms with van der Waals surface area (Å²) in [4.78, 5) is 12.3. The highest BCUT2D eigenvalue weighted by Crippen LogP contribution is 2.26. The molecule has 0 spiro atoms. The summed E-state index contributed by atoms with van der Waals surface area (Å²) in [6.45, 7) is 0. The fourth-order valence-corrected chi connectivity index (χ4v) is 3.72. The predicted octanol–water partition coefficient (Wildman–Crippen LogP) is 5.58. The van der Waals surface area contributed by atoms with Gasteiger partial charge in [0.2, 0.25) is 0 Å². The van der Waals surface area contributed by atoms with Crippen LogP contribution in [-0.4, -0.2) is 12.1 Å². The Hall–Kier alpha value is -2.89. The number of rotatable bonds is 4. The van der Waals surface area contributed by atoms with Crippen molar-refractivity contribution in [3.8, 4) is 11.3 Å². The van der Waals surface area contributed by atoms with Crippen molar-refractivity contribution in [2.75, 3.05) is 0 Å². The molecule has 4 aromatic rings. The lowest BCUT2D eigenvalue weighted by molar-refractivity contribution is 0.0957. The fraction of sp³-hybridized carbons (Fsp3) is 0. The van der Waals surface area contributed by atoms with Crippen LogP contribution in [-0.2, 0) is 0 Å². The van der Waals surface area contributed by atoms with Gasteiger partial charge in [-0.15, -0.1) is 11.3 Å². The quantitative estimate of drug-likeness (QED) is 0.371. The van der Waals surface area contributed by atoms with Crippen molar-refractivity contribution < 1.29 is 9.21 Å². The fourth-order valence-electron chi connectivity index (χ4n) is 2.59. The van der Waals surface area contributed by atoms with Crippen LogP contribution in [0.3, 0.4) is 0 Å². The summed E-state index contributed by atoms with van der Waals surface area (Å²) in [6, 6.07) is 18.8. The van der Waals surface area contributed by atoms with Crippen LogP contribution < -0.4 is 5.43 Å². The number of nitrogens with one attached hydrogen (secondary N) is 1. The van der Waals surface area contributed by atoms with Crippen LogP contribution in [0.1, 0.15) is 16.1 Å². The van der Waals surface area contributed by atoms with Crippen molar-refractivity contribution in [1.29, 1.82) is 0 Å². The van der Waals surface area contributed by atoms with Gasteiger partial charge in [-0.1, -0.05) is 41.9 Å². The van der Waals surface area contributed by atoms with E-state index in [-0.39, 0.29) is 5.91 Å². The molecule has 0 fully saturated rings. The van der Waals surface area contributed by atoms with Crippen molar-refractivity contribution in [2.24, 2.45) is 5.10 Å². The first-order valence-electron chi connectivity index (χ1n) is 7.86. The number of furan rings is 1.